The van der Waals surface area contributed by atoms with Crippen LogP contribution in [-0.4, -0.2) is 34.6 Å². The number of amides is 1. The van der Waals surface area contributed by atoms with Gasteiger partial charge in [0.1, 0.15) is 0 Å². The first-order valence-corrected chi connectivity index (χ1v) is 9.82. The number of rotatable bonds is 9. The van der Waals surface area contributed by atoms with Gasteiger partial charge in [0.15, 0.2) is 0 Å². The molecule has 134 valence electrons. The van der Waals surface area contributed by atoms with Crippen LogP contribution >= 0.6 is 11.8 Å². The fourth-order valence-electron chi connectivity index (χ4n) is 2.53. The molecule has 1 aromatic carbocycles. The summed E-state index contributed by atoms with van der Waals surface area (Å²) in [5.41, 5.74) is 3.06. The number of aromatic nitrogens is 1. The van der Waals surface area contributed by atoms with Crippen LogP contribution in [0, 0.1) is 0 Å². The SMILES string of the molecule is CCSc1cc(C(=O)NCc2ccc(CN(CC)CC)cc2)ccn1. The second-order valence-electron chi connectivity index (χ2n) is 5.78. The third-order valence-corrected chi connectivity index (χ3v) is 4.87. The number of nitrogens with one attached hydrogen (secondary N) is 1. The highest BCUT2D eigenvalue weighted by atomic mass is 32.2. The van der Waals surface area contributed by atoms with E-state index in [1.807, 2.05) is 6.07 Å². The number of pyridine rings is 1. The minimum absolute atomic E-state index is 0.0624. The molecule has 0 aliphatic heterocycles. The van der Waals surface area contributed by atoms with E-state index in [-0.39, 0.29) is 5.91 Å². The Labute approximate surface area is 155 Å². The molecule has 0 saturated heterocycles. The van der Waals surface area contributed by atoms with Crippen LogP contribution in [0.4, 0.5) is 0 Å². The van der Waals surface area contributed by atoms with Gasteiger partial charge in [-0.3, -0.25) is 9.69 Å². The standard InChI is InChI=1S/C20H27N3OS/c1-4-23(5-2)15-17-9-7-16(8-10-17)14-22-20(24)18-11-12-21-19(13-18)25-6-3/h7-13H,4-6,14-15H2,1-3H3,(H,22,24). The number of hydrogen-bond acceptors (Lipinski definition) is 4. The average molecular weight is 358 g/mol. The minimum Gasteiger partial charge on any atom is -0.348 e. The van der Waals surface area contributed by atoms with Crippen molar-refractivity contribution in [2.24, 2.45) is 0 Å². The van der Waals surface area contributed by atoms with Gasteiger partial charge in [0.05, 0.1) is 5.03 Å². The van der Waals surface area contributed by atoms with Gasteiger partial charge in [-0.15, -0.1) is 11.8 Å². The molecule has 2 rings (SSSR count). The minimum atomic E-state index is -0.0624. The molecular formula is C20H27N3OS. The van der Waals surface area contributed by atoms with Crippen LogP contribution in [0.2, 0.25) is 0 Å². The van der Waals surface area contributed by atoms with Crippen LogP contribution in [0.1, 0.15) is 42.3 Å². The highest BCUT2D eigenvalue weighted by Gasteiger charge is 2.07. The lowest BCUT2D eigenvalue weighted by molar-refractivity contribution is 0.0950. The van der Waals surface area contributed by atoms with Gasteiger partial charge in [0.2, 0.25) is 0 Å². The molecule has 0 spiro atoms. The molecule has 0 fully saturated rings. The number of carbonyl (C=O) groups excluding carboxylic acids is 1. The molecule has 0 saturated carbocycles. The summed E-state index contributed by atoms with van der Waals surface area (Å²) in [4.78, 5) is 18.9. The molecule has 0 bridgehead atoms. The summed E-state index contributed by atoms with van der Waals surface area (Å²) in [6.07, 6.45) is 1.69. The lowest BCUT2D eigenvalue weighted by Crippen LogP contribution is -2.23. The zero-order valence-electron chi connectivity index (χ0n) is 15.3. The zero-order chi connectivity index (χ0) is 18.1. The van der Waals surface area contributed by atoms with Crippen molar-refractivity contribution in [3.63, 3.8) is 0 Å². The second kappa shape index (κ2) is 10.2. The molecule has 5 heteroatoms. The van der Waals surface area contributed by atoms with E-state index in [0.717, 1.165) is 36.0 Å². The van der Waals surface area contributed by atoms with E-state index < -0.39 is 0 Å². The van der Waals surface area contributed by atoms with E-state index in [1.165, 1.54) is 5.56 Å². The molecule has 1 heterocycles. The Morgan fingerprint density at radius 1 is 1.08 bits per heavy atom. The van der Waals surface area contributed by atoms with E-state index >= 15 is 0 Å². The van der Waals surface area contributed by atoms with E-state index in [0.29, 0.717) is 12.1 Å². The molecular weight excluding hydrogens is 330 g/mol. The lowest BCUT2D eigenvalue weighted by atomic mass is 10.1. The number of hydrogen-bond donors (Lipinski definition) is 1. The van der Waals surface area contributed by atoms with Gasteiger partial charge in [-0.25, -0.2) is 4.98 Å². The second-order valence-corrected chi connectivity index (χ2v) is 7.06. The maximum absolute atomic E-state index is 12.3. The maximum atomic E-state index is 12.3. The summed E-state index contributed by atoms with van der Waals surface area (Å²) in [5.74, 6) is 0.880. The van der Waals surface area contributed by atoms with Crippen molar-refractivity contribution in [1.82, 2.24) is 15.2 Å². The molecule has 0 aliphatic carbocycles. The Bertz CT molecular complexity index is 669. The van der Waals surface area contributed by atoms with Gasteiger partial charge in [-0.2, -0.15) is 0 Å². The molecule has 0 aliphatic rings. The van der Waals surface area contributed by atoms with Gasteiger partial charge in [0.25, 0.3) is 5.91 Å². The lowest BCUT2D eigenvalue weighted by Gasteiger charge is -2.18. The summed E-state index contributed by atoms with van der Waals surface area (Å²) in [7, 11) is 0. The number of benzene rings is 1. The molecule has 2 aromatic rings. The van der Waals surface area contributed by atoms with Gasteiger partial charge < -0.3 is 5.32 Å². The highest BCUT2D eigenvalue weighted by Crippen LogP contribution is 2.15. The fraction of sp³-hybridized carbons (Fsp3) is 0.400. The normalized spacial score (nSPS) is 10.9. The molecule has 0 atom stereocenters. The number of thioether (sulfide) groups is 1. The average Bonchev–Trinajstić information content (AvgIpc) is 2.65. The maximum Gasteiger partial charge on any atom is 0.251 e. The molecule has 4 nitrogen and oxygen atoms in total. The summed E-state index contributed by atoms with van der Waals surface area (Å²) < 4.78 is 0. The smallest absolute Gasteiger partial charge is 0.251 e. The fourth-order valence-corrected chi connectivity index (χ4v) is 3.17. The van der Waals surface area contributed by atoms with Gasteiger partial charge in [-0.05, 0) is 42.1 Å². The molecule has 25 heavy (non-hydrogen) atoms. The van der Waals surface area contributed by atoms with E-state index in [9.17, 15) is 4.79 Å². The van der Waals surface area contributed by atoms with Crippen molar-refractivity contribution in [2.75, 3.05) is 18.8 Å². The predicted octanol–water partition coefficient (Wildman–Crippen LogP) is 3.97. The first-order chi connectivity index (χ1) is 12.2. The van der Waals surface area contributed by atoms with Crippen LogP contribution in [-0.2, 0) is 13.1 Å². The number of carbonyl (C=O) groups is 1. The van der Waals surface area contributed by atoms with E-state index in [4.69, 9.17) is 0 Å². The highest BCUT2D eigenvalue weighted by molar-refractivity contribution is 7.99. The van der Waals surface area contributed by atoms with Crippen LogP contribution in [0.15, 0.2) is 47.6 Å². The first kappa shape index (κ1) is 19.5. The molecule has 1 amide bonds. The Morgan fingerprint density at radius 2 is 1.76 bits per heavy atom. The summed E-state index contributed by atoms with van der Waals surface area (Å²) in [6, 6.07) is 12.1. The quantitative estimate of drug-likeness (QED) is 0.690. The monoisotopic (exact) mass is 357 g/mol. The summed E-state index contributed by atoms with van der Waals surface area (Å²) in [5, 5.41) is 3.87. The van der Waals surface area contributed by atoms with Crippen LogP contribution in [0.3, 0.4) is 0 Å². The third kappa shape index (κ3) is 6.18. The Kier molecular flexibility index (Phi) is 7.95. The van der Waals surface area contributed by atoms with Crippen molar-refractivity contribution in [3.05, 3.63) is 59.3 Å². The van der Waals surface area contributed by atoms with Crippen LogP contribution < -0.4 is 5.32 Å². The molecule has 0 unspecified atom stereocenters. The molecule has 0 radical (unpaired) electrons. The topological polar surface area (TPSA) is 45.2 Å². The van der Waals surface area contributed by atoms with E-state index in [1.54, 1.807) is 24.0 Å². The largest absolute Gasteiger partial charge is 0.348 e. The summed E-state index contributed by atoms with van der Waals surface area (Å²) >= 11 is 1.64. The Morgan fingerprint density at radius 3 is 2.40 bits per heavy atom. The Hall–Kier alpha value is -1.85. The van der Waals surface area contributed by atoms with Crippen molar-refractivity contribution >= 4 is 17.7 Å². The first-order valence-electron chi connectivity index (χ1n) is 8.83. The van der Waals surface area contributed by atoms with Crippen molar-refractivity contribution < 1.29 is 4.79 Å². The van der Waals surface area contributed by atoms with Gasteiger partial charge >= 0.3 is 0 Å². The summed E-state index contributed by atoms with van der Waals surface area (Å²) in [6.45, 7) is 10.0. The van der Waals surface area contributed by atoms with Gasteiger partial charge in [-0.1, -0.05) is 45.0 Å². The molecule has 1 N–H and O–H groups in total. The predicted molar refractivity (Wildman–Crippen MR) is 105 cm³/mol. The number of nitrogens with zero attached hydrogens (tertiary/aromatic N) is 2. The van der Waals surface area contributed by atoms with Crippen LogP contribution in [0.25, 0.3) is 0 Å². The van der Waals surface area contributed by atoms with Gasteiger partial charge in [0, 0.05) is 24.8 Å². The van der Waals surface area contributed by atoms with E-state index in [2.05, 4.69) is 60.2 Å². The zero-order valence-corrected chi connectivity index (χ0v) is 16.1. The van der Waals surface area contributed by atoms with Crippen molar-refractivity contribution in [1.29, 1.82) is 0 Å². The van der Waals surface area contributed by atoms with Crippen LogP contribution in [0.5, 0.6) is 0 Å². The Balaban J connectivity index is 1.90. The third-order valence-electron chi connectivity index (χ3n) is 4.07. The van der Waals surface area contributed by atoms with Crippen molar-refractivity contribution in [3.8, 4) is 0 Å². The molecule has 1 aromatic heterocycles. The van der Waals surface area contributed by atoms with Crippen molar-refractivity contribution in [2.45, 2.75) is 38.9 Å².